The maximum Gasteiger partial charge on any atom is 0.0540 e. The van der Waals surface area contributed by atoms with Crippen LogP contribution in [0.25, 0.3) is 0 Å². The summed E-state index contributed by atoms with van der Waals surface area (Å²) in [5, 5.41) is 19.7. The van der Waals surface area contributed by atoms with E-state index in [1.165, 1.54) is 51.4 Å². The molecule has 6 atom stereocenters. The van der Waals surface area contributed by atoms with Crippen molar-refractivity contribution in [1.29, 1.82) is 0 Å². The minimum absolute atomic E-state index is 0.0603. The maximum absolute atomic E-state index is 9.84. The Morgan fingerprint density at radius 2 is 1.00 bits per heavy atom. The zero-order valence-corrected chi connectivity index (χ0v) is 23.3. The molecule has 32 heavy (non-hydrogen) atoms. The maximum atomic E-state index is 9.84. The zero-order valence-electron chi connectivity index (χ0n) is 23.3. The molecule has 2 nitrogen and oxygen atoms in total. The van der Waals surface area contributed by atoms with Crippen molar-refractivity contribution >= 4 is 0 Å². The number of hydrogen-bond donors (Lipinski definition) is 2. The van der Waals surface area contributed by atoms with Crippen LogP contribution >= 0.6 is 0 Å². The van der Waals surface area contributed by atoms with E-state index in [1.54, 1.807) is 0 Å². The van der Waals surface area contributed by atoms with Gasteiger partial charge in [0.05, 0.1) is 12.2 Å². The molecule has 0 bridgehead atoms. The van der Waals surface area contributed by atoms with Crippen molar-refractivity contribution < 1.29 is 10.2 Å². The summed E-state index contributed by atoms with van der Waals surface area (Å²) in [4.78, 5) is 0. The van der Waals surface area contributed by atoms with Gasteiger partial charge in [0.1, 0.15) is 0 Å². The fourth-order valence-electron chi connectivity index (χ4n) is 7.12. The summed E-state index contributed by atoms with van der Waals surface area (Å²) < 4.78 is 0. The molecule has 2 rings (SSSR count). The quantitative estimate of drug-likeness (QED) is 0.347. The van der Waals surface area contributed by atoms with E-state index in [4.69, 9.17) is 0 Å². The van der Waals surface area contributed by atoms with E-state index in [0.29, 0.717) is 10.8 Å². The molecule has 2 aliphatic rings. The van der Waals surface area contributed by atoms with Crippen LogP contribution in [0.15, 0.2) is 0 Å². The van der Waals surface area contributed by atoms with Gasteiger partial charge in [-0.3, -0.25) is 0 Å². The van der Waals surface area contributed by atoms with Gasteiger partial charge in [0.15, 0.2) is 0 Å². The molecule has 0 amide bonds. The largest absolute Gasteiger partial charge is 0.393 e. The van der Waals surface area contributed by atoms with Crippen molar-refractivity contribution in [2.45, 2.75) is 157 Å². The first kappa shape index (κ1) is 30.0. The SMILES string of the molecule is CCCC(O)CCC1[C@@H](C)CCCC1(C)C.CCCC(O)CC[C@H]1[C@@H](C)CCCC1(C)C. The molecule has 2 N–H and O–H groups in total. The molecular weight excluding hydrogens is 392 g/mol. The van der Waals surface area contributed by atoms with Crippen LogP contribution in [0.5, 0.6) is 0 Å². The summed E-state index contributed by atoms with van der Waals surface area (Å²) >= 11 is 0. The standard InChI is InChI=1S/2C15H30O/c2*1-5-7-13(16)9-10-14-12(2)8-6-11-15(14,3)4/h2*12-14,16H,5-11H2,1-4H3/t12-,13?,14?;12-,13?,14-/m00/s1. The van der Waals surface area contributed by atoms with Crippen LogP contribution in [0.3, 0.4) is 0 Å². The summed E-state index contributed by atoms with van der Waals surface area (Å²) in [6.07, 6.45) is 16.8. The molecule has 0 aliphatic heterocycles. The molecule has 2 saturated carbocycles. The van der Waals surface area contributed by atoms with Gasteiger partial charge in [0.25, 0.3) is 0 Å². The Morgan fingerprint density at radius 1 is 0.656 bits per heavy atom. The molecule has 2 heteroatoms. The van der Waals surface area contributed by atoms with Crippen LogP contribution in [0, 0.1) is 34.5 Å². The highest BCUT2D eigenvalue weighted by Gasteiger charge is 2.37. The molecule has 3 unspecified atom stereocenters. The zero-order chi connectivity index (χ0) is 24.4. The van der Waals surface area contributed by atoms with E-state index < -0.39 is 0 Å². The summed E-state index contributed by atoms with van der Waals surface area (Å²) in [5.74, 6) is 3.32. The first-order valence-electron chi connectivity index (χ1n) is 14.3. The van der Waals surface area contributed by atoms with Crippen molar-refractivity contribution in [3.8, 4) is 0 Å². The second-order valence-corrected chi connectivity index (χ2v) is 13.0. The van der Waals surface area contributed by atoms with E-state index in [2.05, 4.69) is 55.4 Å². The van der Waals surface area contributed by atoms with Crippen molar-refractivity contribution in [1.82, 2.24) is 0 Å². The highest BCUT2D eigenvalue weighted by molar-refractivity contribution is 4.87. The van der Waals surface area contributed by atoms with Gasteiger partial charge in [-0.1, -0.05) is 93.9 Å². The lowest BCUT2D eigenvalue weighted by Crippen LogP contribution is -2.34. The van der Waals surface area contributed by atoms with E-state index in [1.807, 2.05) is 0 Å². The lowest BCUT2D eigenvalue weighted by Gasteiger charge is -2.43. The minimum atomic E-state index is -0.0603. The Hall–Kier alpha value is -0.0800. The van der Waals surface area contributed by atoms with Crippen molar-refractivity contribution in [2.75, 3.05) is 0 Å². The van der Waals surface area contributed by atoms with Gasteiger partial charge in [-0.15, -0.1) is 0 Å². The van der Waals surface area contributed by atoms with Crippen LogP contribution in [0.1, 0.15) is 145 Å². The number of rotatable bonds is 10. The fraction of sp³-hybridized carbons (Fsp3) is 1.00. The molecule has 0 spiro atoms. The molecule has 0 aromatic rings. The van der Waals surface area contributed by atoms with Gasteiger partial charge in [-0.2, -0.15) is 0 Å². The Morgan fingerprint density at radius 3 is 1.28 bits per heavy atom. The predicted octanol–water partition coefficient (Wildman–Crippen LogP) is 8.78. The highest BCUT2D eigenvalue weighted by Crippen LogP contribution is 2.47. The van der Waals surface area contributed by atoms with Crippen LogP contribution in [-0.2, 0) is 0 Å². The Kier molecular flexibility index (Phi) is 13.4. The van der Waals surface area contributed by atoms with Crippen LogP contribution in [0.4, 0.5) is 0 Å². The summed E-state index contributed by atoms with van der Waals surface area (Å²) in [6, 6.07) is 0. The van der Waals surface area contributed by atoms with Crippen LogP contribution in [-0.4, -0.2) is 22.4 Å². The average molecular weight is 453 g/mol. The van der Waals surface area contributed by atoms with Gasteiger partial charge in [0, 0.05) is 0 Å². The topological polar surface area (TPSA) is 40.5 Å². The van der Waals surface area contributed by atoms with Gasteiger partial charge in [-0.25, -0.2) is 0 Å². The lowest BCUT2D eigenvalue weighted by atomic mass is 9.62. The molecule has 0 aromatic carbocycles. The lowest BCUT2D eigenvalue weighted by molar-refractivity contribution is 0.0557. The molecule has 0 heterocycles. The molecule has 2 fully saturated rings. The average Bonchev–Trinajstić information content (AvgIpc) is 2.67. The van der Waals surface area contributed by atoms with Crippen molar-refractivity contribution in [2.24, 2.45) is 34.5 Å². The highest BCUT2D eigenvalue weighted by atomic mass is 16.3. The molecule has 0 aromatic heterocycles. The Bertz CT molecular complexity index is 439. The Balaban J connectivity index is 0.000000320. The van der Waals surface area contributed by atoms with Crippen molar-refractivity contribution in [3.05, 3.63) is 0 Å². The van der Waals surface area contributed by atoms with Gasteiger partial charge in [-0.05, 0) is 85.9 Å². The minimum Gasteiger partial charge on any atom is -0.393 e. The van der Waals surface area contributed by atoms with E-state index in [-0.39, 0.29) is 12.2 Å². The van der Waals surface area contributed by atoms with E-state index in [9.17, 15) is 10.2 Å². The van der Waals surface area contributed by atoms with Crippen LogP contribution < -0.4 is 0 Å². The van der Waals surface area contributed by atoms with E-state index in [0.717, 1.165) is 62.2 Å². The number of aliphatic hydroxyl groups excluding tert-OH is 2. The monoisotopic (exact) mass is 452 g/mol. The smallest absolute Gasteiger partial charge is 0.0540 e. The summed E-state index contributed by atoms with van der Waals surface area (Å²) in [6.45, 7) is 18.8. The van der Waals surface area contributed by atoms with Crippen molar-refractivity contribution in [3.63, 3.8) is 0 Å². The molecule has 2 aliphatic carbocycles. The van der Waals surface area contributed by atoms with Gasteiger partial charge >= 0.3 is 0 Å². The number of hydrogen-bond acceptors (Lipinski definition) is 2. The first-order chi connectivity index (χ1) is 14.9. The summed E-state index contributed by atoms with van der Waals surface area (Å²) in [7, 11) is 0. The molecule has 0 saturated heterocycles. The normalized spacial score (nSPS) is 31.3. The third-order valence-corrected chi connectivity index (χ3v) is 9.21. The van der Waals surface area contributed by atoms with Gasteiger partial charge < -0.3 is 10.2 Å². The molecule has 192 valence electrons. The fourth-order valence-corrected chi connectivity index (χ4v) is 7.12. The third-order valence-electron chi connectivity index (χ3n) is 9.21. The van der Waals surface area contributed by atoms with Gasteiger partial charge in [0.2, 0.25) is 0 Å². The van der Waals surface area contributed by atoms with E-state index >= 15 is 0 Å². The first-order valence-corrected chi connectivity index (χ1v) is 14.3. The molecular formula is C30H60O2. The Labute approximate surface area is 202 Å². The van der Waals surface area contributed by atoms with Crippen LogP contribution in [0.2, 0.25) is 0 Å². The molecule has 0 radical (unpaired) electrons. The second-order valence-electron chi connectivity index (χ2n) is 13.0. The predicted molar refractivity (Wildman–Crippen MR) is 141 cm³/mol. The summed E-state index contributed by atoms with van der Waals surface area (Å²) in [5.41, 5.74) is 0.979. The number of aliphatic hydroxyl groups is 2. The second kappa shape index (κ2) is 14.3. The third kappa shape index (κ3) is 10.0.